The number of piperidine rings is 1. The molecule has 1 saturated heterocycles. The van der Waals surface area contributed by atoms with Crippen molar-refractivity contribution in [2.24, 2.45) is 13.0 Å². The molecule has 1 N–H and O–H groups in total. The fraction of sp³-hybridized carbons (Fsp3) is 0.444. The van der Waals surface area contributed by atoms with Crippen LogP contribution >= 0.6 is 23.2 Å². The predicted molar refractivity (Wildman–Crippen MR) is 102 cm³/mol. The summed E-state index contributed by atoms with van der Waals surface area (Å²) >= 11 is 12.3. The van der Waals surface area contributed by atoms with Crippen LogP contribution < -0.4 is 10.9 Å². The van der Waals surface area contributed by atoms with Gasteiger partial charge in [0.15, 0.2) is 0 Å². The molecule has 0 amide bonds. The number of anilines is 1. The Hall–Kier alpha value is -1.56. The molecule has 0 saturated carbocycles. The molecule has 134 valence electrons. The number of nitrogens with zero attached hydrogens (tertiary/aromatic N) is 3. The molecule has 5 nitrogen and oxygen atoms in total. The van der Waals surface area contributed by atoms with E-state index in [9.17, 15) is 4.79 Å². The van der Waals surface area contributed by atoms with E-state index in [0.29, 0.717) is 11.6 Å². The Morgan fingerprint density at radius 2 is 1.96 bits per heavy atom. The number of aromatic nitrogens is 2. The molecule has 7 heteroatoms. The van der Waals surface area contributed by atoms with Crippen LogP contribution in [0, 0.1) is 5.92 Å². The van der Waals surface area contributed by atoms with E-state index in [0.717, 1.165) is 44.0 Å². The molecule has 0 bridgehead atoms. The number of rotatable bonds is 5. The minimum atomic E-state index is -0.277. The predicted octanol–water partition coefficient (Wildman–Crippen LogP) is 3.41. The first-order valence-electron chi connectivity index (χ1n) is 8.46. The highest BCUT2D eigenvalue weighted by atomic mass is 35.5. The van der Waals surface area contributed by atoms with Crippen molar-refractivity contribution in [1.82, 2.24) is 14.7 Å². The van der Waals surface area contributed by atoms with Crippen molar-refractivity contribution in [3.05, 3.63) is 56.4 Å². The fourth-order valence-corrected chi connectivity index (χ4v) is 3.54. The summed E-state index contributed by atoms with van der Waals surface area (Å²) in [7, 11) is 1.59. The Labute approximate surface area is 157 Å². The minimum Gasteiger partial charge on any atom is -0.382 e. The lowest BCUT2D eigenvalue weighted by molar-refractivity contribution is 0.182. The van der Waals surface area contributed by atoms with E-state index in [1.54, 1.807) is 13.2 Å². The summed E-state index contributed by atoms with van der Waals surface area (Å²) in [5, 5.41) is 8.32. The monoisotopic (exact) mass is 380 g/mol. The molecule has 25 heavy (non-hydrogen) atoms. The second-order valence-corrected chi connectivity index (χ2v) is 7.28. The zero-order valence-corrected chi connectivity index (χ0v) is 15.7. The standard InChI is InChI=1S/C18H22Cl2N4O/c1-23-18(25)17(20)16(11-22-23)21-10-13-6-8-24(9-7-13)12-14-4-2-3-5-15(14)19/h2-5,11,13,21H,6-10,12H2,1H3. The summed E-state index contributed by atoms with van der Waals surface area (Å²) in [6.45, 7) is 3.78. The van der Waals surface area contributed by atoms with Gasteiger partial charge in [0.1, 0.15) is 5.02 Å². The lowest BCUT2D eigenvalue weighted by atomic mass is 9.96. The quantitative estimate of drug-likeness (QED) is 0.863. The zero-order valence-electron chi connectivity index (χ0n) is 14.2. The Balaban J connectivity index is 1.49. The minimum absolute atomic E-state index is 0.202. The molecule has 2 heterocycles. The van der Waals surface area contributed by atoms with E-state index in [2.05, 4.69) is 21.4 Å². The Bertz CT molecular complexity index is 785. The average molecular weight is 381 g/mol. The normalized spacial score (nSPS) is 16.1. The van der Waals surface area contributed by atoms with Crippen molar-refractivity contribution < 1.29 is 0 Å². The summed E-state index contributed by atoms with van der Waals surface area (Å²) in [4.78, 5) is 14.2. The smallest absolute Gasteiger partial charge is 0.287 e. The highest BCUT2D eigenvalue weighted by molar-refractivity contribution is 6.33. The number of likely N-dealkylation sites (tertiary alicyclic amines) is 1. The summed E-state index contributed by atoms with van der Waals surface area (Å²) in [6.07, 6.45) is 3.82. The van der Waals surface area contributed by atoms with Crippen molar-refractivity contribution in [2.45, 2.75) is 19.4 Å². The van der Waals surface area contributed by atoms with E-state index in [1.165, 1.54) is 10.2 Å². The van der Waals surface area contributed by atoms with E-state index in [1.807, 2.05) is 18.2 Å². The van der Waals surface area contributed by atoms with Crippen molar-refractivity contribution in [2.75, 3.05) is 25.0 Å². The first kappa shape index (κ1) is 18.2. The van der Waals surface area contributed by atoms with E-state index < -0.39 is 0 Å². The lowest BCUT2D eigenvalue weighted by Gasteiger charge is -2.32. The third-order valence-corrected chi connectivity index (χ3v) is 5.45. The average Bonchev–Trinajstić information content (AvgIpc) is 2.62. The number of aryl methyl sites for hydroxylation is 1. The van der Waals surface area contributed by atoms with Gasteiger partial charge in [0.05, 0.1) is 11.9 Å². The molecular formula is C18H22Cl2N4O. The van der Waals surface area contributed by atoms with E-state index in [-0.39, 0.29) is 10.6 Å². The molecule has 0 unspecified atom stereocenters. The van der Waals surface area contributed by atoms with Crippen LogP contribution in [0.3, 0.4) is 0 Å². The van der Waals surface area contributed by atoms with Crippen LogP contribution in [0.2, 0.25) is 10.0 Å². The Morgan fingerprint density at radius 1 is 1.24 bits per heavy atom. The molecule has 0 atom stereocenters. The summed E-state index contributed by atoms with van der Waals surface area (Å²) in [6, 6.07) is 8.01. The summed E-state index contributed by atoms with van der Waals surface area (Å²) < 4.78 is 1.24. The van der Waals surface area contributed by atoms with Gasteiger partial charge in [0, 0.05) is 25.2 Å². The molecule has 2 aromatic rings. The highest BCUT2D eigenvalue weighted by Crippen LogP contribution is 2.23. The van der Waals surface area contributed by atoms with Gasteiger partial charge in [0.2, 0.25) is 0 Å². The maximum atomic E-state index is 11.8. The third kappa shape index (κ3) is 4.54. The van der Waals surface area contributed by atoms with Crippen molar-refractivity contribution in [1.29, 1.82) is 0 Å². The van der Waals surface area contributed by atoms with Crippen LogP contribution in [0.25, 0.3) is 0 Å². The van der Waals surface area contributed by atoms with Crippen molar-refractivity contribution >= 4 is 28.9 Å². The van der Waals surface area contributed by atoms with Gasteiger partial charge in [0.25, 0.3) is 5.56 Å². The molecule has 0 spiro atoms. The SMILES string of the molecule is Cn1ncc(NCC2CCN(Cc3ccccc3Cl)CC2)c(Cl)c1=O. The van der Waals surface area contributed by atoms with Gasteiger partial charge < -0.3 is 5.32 Å². The van der Waals surface area contributed by atoms with Crippen LogP contribution in [-0.2, 0) is 13.6 Å². The van der Waals surface area contributed by atoms with Gasteiger partial charge in [-0.05, 0) is 43.5 Å². The molecule has 1 aromatic carbocycles. The number of halogens is 2. The largest absolute Gasteiger partial charge is 0.382 e. The number of nitrogens with one attached hydrogen (secondary N) is 1. The van der Waals surface area contributed by atoms with Crippen molar-refractivity contribution in [3.63, 3.8) is 0 Å². The van der Waals surface area contributed by atoms with E-state index in [4.69, 9.17) is 23.2 Å². The molecule has 1 aliphatic heterocycles. The van der Waals surface area contributed by atoms with Gasteiger partial charge in [-0.25, -0.2) is 4.68 Å². The van der Waals surface area contributed by atoms with Crippen molar-refractivity contribution in [3.8, 4) is 0 Å². The van der Waals surface area contributed by atoms with Crippen LogP contribution in [0.15, 0.2) is 35.3 Å². The molecule has 0 radical (unpaired) electrons. The van der Waals surface area contributed by atoms with Crippen LogP contribution in [0.4, 0.5) is 5.69 Å². The highest BCUT2D eigenvalue weighted by Gasteiger charge is 2.20. The maximum Gasteiger partial charge on any atom is 0.287 e. The zero-order chi connectivity index (χ0) is 17.8. The van der Waals surface area contributed by atoms with Gasteiger partial charge in [-0.2, -0.15) is 5.10 Å². The molecule has 1 aromatic heterocycles. The van der Waals surface area contributed by atoms with Crippen LogP contribution in [0.1, 0.15) is 18.4 Å². The van der Waals surface area contributed by atoms with Crippen LogP contribution in [0.5, 0.6) is 0 Å². The number of benzene rings is 1. The maximum absolute atomic E-state index is 11.8. The number of hydrogen-bond acceptors (Lipinski definition) is 4. The Morgan fingerprint density at radius 3 is 2.68 bits per heavy atom. The summed E-state index contributed by atoms with van der Waals surface area (Å²) in [5.41, 5.74) is 1.52. The number of hydrogen-bond donors (Lipinski definition) is 1. The molecule has 1 aliphatic rings. The fourth-order valence-electron chi connectivity index (χ4n) is 3.10. The summed E-state index contributed by atoms with van der Waals surface area (Å²) in [5.74, 6) is 0.558. The first-order chi connectivity index (χ1) is 12.0. The van der Waals surface area contributed by atoms with Gasteiger partial charge in [-0.15, -0.1) is 0 Å². The second kappa shape index (κ2) is 8.21. The Kier molecular flexibility index (Phi) is 5.99. The van der Waals surface area contributed by atoms with Gasteiger partial charge in [-0.3, -0.25) is 9.69 Å². The topological polar surface area (TPSA) is 50.2 Å². The molecular weight excluding hydrogens is 359 g/mol. The van der Waals surface area contributed by atoms with Gasteiger partial charge >= 0.3 is 0 Å². The lowest BCUT2D eigenvalue weighted by Crippen LogP contribution is -2.35. The van der Waals surface area contributed by atoms with E-state index >= 15 is 0 Å². The second-order valence-electron chi connectivity index (χ2n) is 6.49. The van der Waals surface area contributed by atoms with Crippen LogP contribution in [-0.4, -0.2) is 34.3 Å². The third-order valence-electron chi connectivity index (χ3n) is 4.72. The molecule has 1 fully saturated rings. The molecule has 3 rings (SSSR count). The first-order valence-corrected chi connectivity index (χ1v) is 9.21. The van der Waals surface area contributed by atoms with Gasteiger partial charge in [-0.1, -0.05) is 41.4 Å². The molecule has 0 aliphatic carbocycles.